The zero-order valence-electron chi connectivity index (χ0n) is 16.2. The van der Waals surface area contributed by atoms with E-state index < -0.39 is 0 Å². The summed E-state index contributed by atoms with van der Waals surface area (Å²) < 4.78 is 5.46. The fourth-order valence-electron chi connectivity index (χ4n) is 2.86. The number of hydrogen-bond acceptors (Lipinski definition) is 5. The Morgan fingerprint density at radius 3 is 2.33 bits per heavy atom. The number of ether oxygens (including phenoxy) is 1. The highest BCUT2D eigenvalue weighted by atomic mass is 16.5. The van der Waals surface area contributed by atoms with Gasteiger partial charge in [0.15, 0.2) is 0 Å². The maximum atomic E-state index is 12.4. The Hall–Kier alpha value is -2.45. The first-order valence-electron chi connectivity index (χ1n) is 9.16. The molecule has 0 radical (unpaired) electrons. The van der Waals surface area contributed by atoms with Crippen LogP contribution in [0.2, 0.25) is 0 Å². The third-order valence-electron chi connectivity index (χ3n) is 4.26. The van der Waals surface area contributed by atoms with Gasteiger partial charge in [-0.15, -0.1) is 0 Å². The number of morpholine rings is 1. The van der Waals surface area contributed by atoms with Crippen molar-refractivity contribution in [3.63, 3.8) is 0 Å². The Morgan fingerprint density at radius 1 is 1.15 bits per heavy atom. The second-order valence-electron chi connectivity index (χ2n) is 6.63. The summed E-state index contributed by atoms with van der Waals surface area (Å²) in [6.45, 7) is 7.97. The van der Waals surface area contributed by atoms with E-state index in [-0.39, 0.29) is 36.9 Å². The fourth-order valence-corrected chi connectivity index (χ4v) is 2.86. The number of rotatable bonds is 7. The molecule has 27 heavy (non-hydrogen) atoms. The van der Waals surface area contributed by atoms with Crippen molar-refractivity contribution in [3.8, 4) is 0 Å². The topological polar surface area (TPSA) is 91.0 Å². The molecule has 1 unspecified atom stereocenters. The van der Waals surface area contributed by atoms with Crippen molar-refractivity contribution >= 4 is 29.1 Å². The summed E-state index contributed by atoms with van der Waals surface area (Å²) in [5, 5.41) is 5.48. The Morgan fingerprint density at radius 2 is 1.78 bits per heavy atom. The molecule has 1 aliphatic rings. The molecule has 8 nitrogen and oxygen atoms in total. The molecule has 3 amide bonds. The number of carbonyl (C=O) groups excluding carboxylic acids is 3. The highest BCUT2D eigenvalue weighted by molar-refractivity contribution is 5.93. The molecule has 1 fully saturated rings. The van der Waals surface area contributed by atoms with Crippen LogP contribution in [0, 0.1) is 0 Å². The molecule has 0 bridgehead atoms. The van der Waals surface area contributed by atoms with Gasteiger partial charge in [0.1, 0.15) is 0 Å². The van der Waals surface area contributed by atoms with Crippen LogP contribution in [-0.4, -0.2) is 73.0 Å². The Kier molecular flexibility index (Phi) is 7.75. The van der Waals surface area contributed by atoms with Crippen LogP contribution in [0.4, 0.5) is 11.4 Å². The monoisotopic (exact) mass is 376 g/mol. The van der Waals surface area contributed by atoms with Gasteiger partial charge < -0.3 is 20.3 Å². The van der Waals surface area contributed by atoms with Crippen LogP contribution < -0.4 is 10.6 Å². The number of benzene rings is 1. The van der Waals surface area contributed by atoms with Crippen LogP contribution in [0.15, 0.2) is 24.3 Å². The minimum Gasteiger partial charge on any atom is -0.375 e. The van der Waals surface area contributed by atoms with Gasteiger partial charge in [0.2, 0.25) is 17.7 Å². The van der Waals surface area contributed by atoms with Crippen molar-refractivity contribution in [2.45, 2.75) is 26.9 Å². The number of anilines is 2. The molecule has 0 aliphatic carbocycles. The largest absolute Gasteiger partial charge is 0.375 e. The number of hydrogen-bond donors (Lipinski definition) is 2. The molecule has 2 N–H and O–H groups in total. The lowest BCUT2D eigenvalue weighted by Crippen LogP contribution is -2.49. The molecule has 0 spiro atoms. The Labute approximate surface area is 159 Å². The van der Waals surface area contributed by atoms with Crippen LogP contribution in [0.25, 0.3) is 0 Å². The predicted octanol–water partition coefficient (Wildman–Crippen LogP) is 1.15. The van der Waals surface area contributed by atoms with Crippen molar-refractivity contribution in [1.29, 1.82) is 0 Å². The minimum atomic E-state index is -0.188. The zero-order chi connectivity index (χ0) is 19.8. The molecule has 1 aliphatic heterocycles. The molecule has 148 valence electrons. The smallest absolute Gasteiger partial charge is 0.238 e. The van der Waals surface area contributed by atoms with Crippen LogP contribution in [0.3, 0.4) is 0 Å². The van der Waals surface area contributed by atoms with Crippen molar-refractivity contribution in [3.05, 3.63) is 24.3 Å². The van der Waals surface area contributed by atoms with Gasteiger partial charge in [0.05, 0.1) is 25.8 Å². The molecule has 1 aromatic carbocycles. The Bertz CT molecular complexity index is 662. The molecule has 2 rings (SSSR count). The number of likely N-dealkylation sites (N-methyl/N-ethyl adjacent to an activating group) is 1. The zero-order valence-corrected chi connectivity index (χ0v) is 16.2. The fraction of sp³-hybridized carbons (Fsp3) is 0.526. The Balaban J connectivity index is 1.83. The van der Waals surface area contributed by atoms with Gasteiger partial charge in [-0.1, -0.05) is 6.92 Å². The van der Waals surface area contributed by atoms with Gasteiger partial charge in [-0.3, -0.25) is 19.3 Å². The number of nitrogens with one attached hydrogen (secondary N) is 2. The molecule has 0 saturated carbocycles. The van der Waals surface area contributed by atoms with Crippen LogP contribution in [0.1, 0.15) is 20.8 Å². The van der Waals surface area contributed by atoms with Crippen molar-refractivity contribution in [2.75, 3.05) is 50.0 Å². The van der Waals surface area contributed by atoms with E-state index in [1.54, 1.807) is 29.2 Å². The van der Waals surface area contributed by atoms with E-state index in [0.29, 0.717) is 37.6 Å². The third kappa shape index (κ3) is 6.99. The molecule has 1 atom stereocenters. The van der Waals surface area contributed by atoms with Gasteiger partial charge in [-0.05, 0) is 37.7 Å². The molecule has 1 aromatic rings. The van der Waals surface area contributed by atoms with Gasteiger partial charge in [0.25, 0.3) is 0 Å². The van der Waals surface area contributed by atoms with Gasteiger partial charge in [-0.25, -0.2) is 0 Å². The number of amides is 3. The van der Waals surface area contributed by atoms with E-state index in [4.69, 9.17) is 4.74 Å². The minimum absolute atomic E-state index is 0.0134. The van der Waals surface area contributed by atoms with E-state index in [1.807, 2.05) is 18.7 Å². The summed E-state index contributed by atoms with van der Waals surface area (Å²) in [6.07, 6.45) is 0.0431. The lowest BCUT2D eigenvalue weighted by atomic mass is 10.2. The first-order chi connectivity index (χ1) is 12.9. The first-order valence-corrected chi connectivity index (χ1v) is 9.16. The molecule has 1 saturated heterocycles. The average Bonchev–Trinajstić information content (AvgIpc) is 2.62. The van der Waals surface area contributed by atoms with Crippen molar-refractivity contribution in [1.82, 2.24) is 9.80 Å². The third-order valence-corrected chi connectivity index (χ3v) is 4.26. The maximum absolute atomic E-state index is 12.4. The molecule has 0 aromatic heterocycles. The number of nitrogens with zero attached hydrogens (tertiary/aromatic N) is 2. The molecule has 1 heterocycles. The summed E-state index contributed by atoms with van der Waals surface area (Å²) in [6, 6.07) is 6.88. The quantitative estimate of drug-likeness (QED) is 0.745. The van der Waals surface area contributed by atoms with Crippen molar-refractivity contribution < 1.29 is 19.1 Å². The summed E-state index contributed by atoms with van der Waals surface area (Å²) in [5.74, 6) is -0.323. The van der Waals surface area contributed by atoms with Crippen molar-refractivity contribution in [2.24, 2.45) is 0 Å². The second kappa shape index (κ2) is 10.0. The maximum Gasteiger partial charge on any atom is 0.238 e. The van der Waals surface area contributed by atoms with Gasteiger partial charge in [-0.2, -0.15) is 0 Å². The standard InChI is InChI=1S/C19H28N4O4/c1-4-22(13-19(26)23-9-10-27-14(2)11-23)12-18(25)21-17-7-5-16(6-8-17)20-15(3)24/h5-8,14H,4,9-13H2,1-3H3,(H,20,24)(H,21,25). The molecular weight excluding hydrogens is 348 g/mol. The van der Waals surface area contributed by atoms with E-state index in [9.17, 15) is 14.4 Å². The normalized spacial score (nSPS) is 16.9. The average molecular weight is 376 g/mol. The van der Waals surface area contributed by atoms with Gasteiger partial charge in [0, 0.05) is 31.4 Å². The highest BCUT2D eigenvalue weighted by Gasteiger charge is 2.23. The SMILES string of the molecule is CCN(CC(=O)Nc1ccc(NC(C)=O)cc1)CC(=O)N1CCOC(C)C1. The summed E-state index contributed by atoms with van der Waals surface area (Å²) >= 11 is 0. The van der Waals surface area contributed by atoms with Crippen LogP contribution in [0.5, 0.6) is 0 Å². The lowest BCUT2D eigenvalue weighted by Gasteiger charge is -2.32. The lowest BCUT2D eigenvalue weighted by molar-refractivity contribution is -0.139. The highest BCUT2D eigenvalue weighted by Crippen LogP contribution is 2.13. The summed E-state index contributed by atoms with van der Waals surface area (Å²) in [5.41, 5.74) is 1.31. The second-order valence-corrected chi connectivity index (χ2v) is 6.63. The van der Waals surface area contributed by atoms with E-state index in [2.05, 4.69) is 10.6 Å². The van der Waals surface area contributed by atoms with E-state index in [1.165, 1.54) is 6.92 Å². The van der Waals surface area contributed by atoms with E-state index >= 15 is 0 Å². The van der Waals surface area contributed by atoms with Crippen LogP contribution >= 0.6 is 0 Å². The number of carbonyl (C=O) groups is 3. The molecular formula is C19H28N4O4. The molecule has 8 heteroatoms. The first kappa shape index (κ1) is 20.9. The summed E-state index contributed by atoms with van der Waals surface area (Å²) in [4.78, 5) is 39.4. The summed E-state index contributed by atoms with van der Waals surface area (Å²) in [7, 11) is 0. The van der Waals surface area contributed by atoms with E-state index in [0.717, 1.165) is 0 Å². The van der Waals surface area contributed by atoms with Crippen LogP contribution in [-0.2, 0) is 19.1 Å². The van der Waals surface area contributed by atoms with Gasteiger partial charge >= 0.3 is 0 Å². The predicted molar refractivity (Wildman–Crippen MR) is 103 cm³/mol.